The zero-order chi connectivity index (χ0) is 15.5. The maximum atomic E-state index is 5.41. The lowest BCUT2D eigenvalue weighted by atomic mass is 10.2. The molecule has 0 radical (unpaired) electrons. The van der Waals surface area contributed by atoms with Crippen molar-refractivity contribution in [3.05, 3.63) is 48.2 Å². The maximum Gasteiger partial charge on any atom is 0.152 e. The van der Waals surface area contributed by atoms with Gasteiger partial charge in [0.2, 0.25) is 0 Å². The third kappa shape index (κ3) is 2.55. The highest BCUT2D eigenvalue weighted by molar-refractivity contribution is 5.70. The Kier molecular flexibility index (Phi) is 3.82. The molecule has 1 N–H and O–H groups in total. The molecule has 6 nitrogen and oxygen atoms in total. The van der Waals surface area contributed by atoms with Gasteiger partial charge in [0.05, 0.1) is 26.2 Å². The Morgan fingerprint density at radius 2 is 2.05 bits per heavy atom. The molecule has 3 aromatic rings. The number of rotatable bonds is 5. The van der Waals surface area contributed by atoms with Crippen molar-refractivity contribution >= 4 is 11.3 Å². The first-order valence-corrected chi connectivity index (χ1v) is 6.96. The van der Waals surface area contributed by atoms with Crippen LogP contribution in [0.15, 0.2) is 36.9 Å². The van der Waals surface area contributed by atoms with Crippen LogP contribution in [0.3, 0.4) is 0 Å². The minimum absolute atomic E-state index is 0.602. The molecule has 3 rings (SSSR count). The maximum absolute atomic E-state index is 5.41. The van der Waals surface area contributed by atoms with Crippen molar-refractivity contribution < 1.29 is 9.47 Å². The zero-order valence-corrected chi connectivity index (χ0v) is 12.8. The fourth-order valence-corrected chi connectivity index (χ4v) is 2.41. The molecule has 0 saturated carbocycles. The fraction of sp³-hybridized carbons (Fsp3) is 0.250. The highest BCUT2D eigenvalue weighted by Crippen LogP contribution is 2.26. The minimum Gasteiger partial charge on any atom is -0.497 e. The van der Waals surface area contributed by atoms with E-state index in [2.05, 4.69) is 15.3 Å². The normalized spacial score (nSPS) is 10.7. The molecular weight excluding hydrogens is 280 g/mol. The molecule has 0 aliphatic heterocycles. The molecule has 2 heterocycles. The second kappa shape index (κ2) is 5.93. The van der Waals surface area contributed by atoms with Gasteiger partial charge < -0.3 is 19.2 Å². The van der Waals surface area contributed by atoms with E-state index < -0.39 is 0 Å². The molecule has 0 saturated heterocycles. The van der Waals surface area contributed by atoms with Crippen LogP contribution in [0.4, 0.5) is 5.82 Å². The minimum atomic E-state index is 0.602. The molecule has 0 bridgehead atoms. The lowest BCUT2D eigenvalue weighted by molar-refractivity contribution is 0.391. The van der Waals surface area contributed by atoms with Crippen LogP contribution in [0.1, 0.15) is 11.3 Å². The van der Waals surface area contributed by atoms with Crippen LogP contribution in [-0.2, 0) is 6.54 Å². The first-order valence-electron chi connectivity index (χ1n) is 6.96. The Morgan fingerprint density at radius 1 is 1.18 bits per heavy atom. The summed E-state index contributed by atoms with van der Waals surface area (Å²) < 4.78 is 12.6. The van der Waals surface area contributed by atoms with E-state index in [4.69, 9.17) is 9.47 Å². The van der Waals surface area contributed by atoms with Crippen LogP contribution < -0.4 is 14.8 Å². The number of nitrogens with one attached hydrogen (secondary N) is 1. The molecule has 114 valence electrons. The first kappa shape index (κ1) is 14.2. The van der Waals surface area contributed by atoms with Gasteiger partial charge in [-0.25, -0.2) is 9.97 Å². The third-order valence-electron chi connectivity index (χ3n) is 3.57. The molecule has 0 aliphatic rings. The number of nitrogens with zero attached hydrogens (tertiary/aromatic N) is 3. The molecule has 1 aromatic carbocycles. The summed E-state index contributed by atoms with van der Waals surface area (Å²) in [5, 5.41) is 3.35. The van der Waals surface area contributed by atoms with Gasteiger partial charge in [-0.15, -0.1) is 0 Å². The predicted octanol–water partition coefficient (Wildman–Crippen LogP) is 2.67. The summed E-state index contributed by atoms with van der Waals surface area (Å²) in [6.45, 7) is 2.57. The first-order chi connectivity index (χ1) is 10.7. The second-order valence-electron chi connectivity index (χ2n) is 4.89. The molecular formula is C16H18N4O2. The molecule has 0 spiro atoms. The fourth-order valence-electron chi connectivity index (χ4n) is 2.41. The number of hydrogen-bond donors (Lipinski definition) is 1. The van der Waals surface area contributed by atoms with Gasteiger partial charge in [0.15, 0.2) is 5.82 Å². The lowest BCUT2D eigenvalue weighted by Crippen LogP contribution is -2.05. The number of aryl methyl sites for hydroxylation is 1. The van der Waals surface area contributed by atoms with Gasteiger partial charge in [0.25, 0.3) is 0 Å². The number of ether oxygens (including phenoxy) is 2. The van der Waals surface area contributed by atoms with E-state index in [1.54, 1.807) is 26.7 Å². The lowest BCUT2D eigenvalue weighted by Gasteiger charge is -2.12. The highest BCUT2D eigenvalue weighted by Gasteiger charge is 2.09. The van der Waals surface area contributed by atoms with Gasteiger partial charge in [0.1, 0.15) is 17.0 Å². The monoisotopic (exact) mass is 298 g/mol. The van der Waals surface area contributed by atoms with E-state index >= 15 is 0 Å². The Balaban J connectivity index is 1.87. The quantitative estimate of drug-likeness (QED) is 0.784. The van der Waals surface area contributed by atoms with Crippen molar-refractivity contribution in [2.24, 2.45) is 0 Å². The smallest absolute Gasteiger partial charge is 0.152 e. The molecule has 2 aromatic heterocycles. The predicted molar refractivity (Wildman–Crippen MR) is 84.6 cm³/mol. The third-order valence-corrected chi connectivity index (χ3v) is 3.57. The Bertz CT molecular complexity index is 798. The van der Waals surface area contributed by atoms with Gasteiger partial charge in [-0.2, -0.15) is 0 Å². The van der Waals surface area contributed by atoms with E-state index in [0.29, 0.717) is 6.54 Å². The average Bonchev–Trinajstić information content (AvgIpc) is 2.94. The Labute approximate surface area is 128 Å². The topological polar surface area (TPSA) is 60.7 Å². The second-order valence-corrected chi connectivity index (χ2v) is 4.89. The van der Waals surface area contributed by atoms with E-state index in [-0.39, 0.29) is 0 Å². The largest absolute Gasteiger partial charge is 0.497 e. The summed E-state index contributed by atoms with van der Waals surface area (Å²) >= 11 is 0. The number of anilines is 1. The van der Waals surface area contributed by atoms with Crippen molar-refractivity contribution in [3.63, 3.8) is 0 Å². The molecule has 6 heteroatoms. The zero-order valence-electron chi connectivity index (χ0n) is 12.8. The van der Waals surface area contributed by atoms with Crippen LogP contribution in [0.25, 0.3) is 5.52 Å². The van der Waals surface area contributed by atoms with Crippen LogP contribution >= 0.6 is 0 Å². The number of imidazole rings is 1. The van der Waals surface area contributed by atoms with Crippen molar-refractivity contribution in [1.29, 1.82) is 0 Å². The van der Waals surface area contributed by atoms with E-state index in [0.717, 1.165) is 34.1 Å². The number of aromatic nitrogens is 3. The van der Waals surface area contributed by atoms with Gasteiger partial charge in [0, 0.05) is 30.6 Å². The van der Waals surface area contributed by atoms with Crippen LogP contribution in [0, 0.1) is 6.92 Å². The summed E-state index contributed by atoms with van der Waals surface area (Å²) in [6.07, 6.45) is 5.42. The number of fused-ring (bicyclic) bond motifs is 1. The van der Waals surface area contributed by atoms with Crippen molar-refractivity contribution in [1.82, 2.24) is 14.4 Å². The van der Waals surface area contributed by atoms with E-state index in [1.165, 1.54) is 0 Å². The molecule has 0 atom stereocenters. The number of methoxy groups -OCH3 is 2. The van der Waals surface area contributed by atoms with Crippen molar-refractivity contribution in [2.75, 3.05) is 19.5 Å². The summed E-state index contributed by atoms with van der Waals surface area (Å²) in [7, 11) is 3.29. The molecule has 22 heavy (non-hydrogen) atoms. The molecule has 0 unspecified atom stereocenters. The Hall–Kier alpha value is -2.76. The molecule has 0 aliphatic carbocycles. The van der Waals surface area contributed by atoms with Gasteiger partial charge in [-0.3, -0.25) is 0 Å². The van der Waals surface area contributed by atoms with Gasteiger partial charge in [-0.1, -0.05) is 0 Å². The summed E-state index contributed by atoms with van der Waals surface area (Å²) in [4.78, 5) is 8.72. The standard InChI is InChI=1S/C16H18N4O2/c1-11-15-16(17-6-7-20(15)10-19-11)18-9-12-4-5-13(21-2)8-14(12)22-3/h4-8,10H,9H2,1-3H3,(H,17,18). The highest BCUT2D eigenvalue weighted by atomic mass is 16.5. The number of benzene rings is 1. The van der Waals surface area contributed by atoms with Gasteiger partial charge >= 0.3 is 0 Å². The van der Waals surface area contributed by atoms with Crippen LogP contribution in [0.5, 0.6) is 11.5 Å². The molecule has 0 fully saturated rings. The number of hydrogen-bond acceptors (Lipinski definition) is 5. The SMILES string of the molecule is COc1ccc(CNc2nccn3cnc(C)c23)c(OC)c1. The van der Waals surface area contributed by atoms with Gasteiger partial charge in [-0.05, 0) is 19.1 Å². The van der Waals surface area contributed by atoms with Crippen molar-refractivity contribution in [2.45, 2.75) is 13.5 Å². The van der Waals surface area contributed by atoms with Crippen LogP contribution in [0.2, 0.25) is 0 Å². The summed E-state index contributed by atoms with van der Waals surface area (Å²) in [5.41, 5.74) is 2.96. The Morgan fingerprint density at radius 3 is 2.82 bits per heavy atom. The van der Waals surface area contributed by atoms with Crippen molar-refractivity contribution in [3.8, 4) is 11.5 Å². The summed E-state index contributed by atoms with van der Waals surface area (Å²) in [6, 6.07) is 5.76. The van der Waals surface area contributed by atoms with E-state index in [1.807, 2.05) is 35.7 Å². The average molecular weight is 298 g/mol. The summed E-state index contributed by atoms with van der Waals surface area (Å²) in [5.74, 6) is 2.35. The van der Waals surface area contributed by atoms with E-state index in [9.17, 15) is 0 Å². The van der Waals surface area contributed by atoms with Crippen LogP contribution in [-0.4, -0.2) is 28.6 Å². The molecule has 0 amide bonds.